The van der Waals surface area contributed by atoms with Gasteiger partial charge in [0.15, 0.2) is 0 Å². The van der Waals surface area contributed by atoms with E-state index in [4.69, 9.17) is 0 Å². The lowest BCUT2D eigenvalue weighted by Gasteiger charge is -2.05. The summed E-state index contributed by atoms with van der Waals surface area (Å²) in [6, 6.07) is 0. The van der Waals surface area contributed by atoms with Gasteiger partial charge in [0, 0.05) is 0 Å². The van der Waals surface area contributed by atoms with Crippen LogP contribution in [0.3, 0.4) is 0 Å². The highest BCUT2D eigenvalue weighted by molar-refractivity contribution is 4.43. The van der Waals surface area contributed by atoms with Gasteiger partial charge in [-0.1, -0.05) is 26.2 Å². The summed E-state index contributed by atoms with van der Waals surface area (Å²) in [5.74, 6) is 0. The second-order valence-electron chi connectivity index (χ2n) is 2.21. The van der Waals surface area contributed by atoms with Gasteiger partial charge in [0.25, 0.3) is 0 Å². The van der Waals surface area contributed by atoms with Crippen molar-refractivity contribution in [1.82, 2.24) is 0 Å². The maximum atomic E-state index is 11.3. The normalized spacial score (nSPS) is 12.0. The molecule has 0 aromatic carbocycles. The number of rotatable bonds is 5. The van der Waals surface area contributed by atoms with Crippen LogP contribution >= 0.6 is 0 Å². The maximum Gasteiger partial charge on any atom is 0.522 e. The fourth-order valence-corrected chi connectivity index (χ4v) is 0.644. The Labute approximate surface area is 64.5 Å². The van der Waals surface area contributed by atoms with Crippen molar-refractivity contribution in [1.29, 1.82) is 0 Å². The van der Waals surface area contributed by atoms with E-state index in [9.17, 15) is 13.2 Å². The molecule has 0 saturated heterocycles. The highest BCUT2D eigenvalue weighted by Gasteiger charge is 2.28. The molecule has 0 unspecified atom stereocenters. The Balaban J connectivity index is 3.02. The van der Waals surface area contributed by atoms with E-state index in [2.05, 4.69) is 11.7 Å². The van der Waals surface area contributed by atoms with Gasteiger partial charge in [-0.3, -0.25) is 4.74 Å². The lowest BCUT2D eigenvalue weighted by molar-refractivity contribution is -0.324. The van der Waals surface area contributed by atoms with Crippen LogP contribution in [-0.2, 0) is 4.74 Å². The van der Waals surface area contributed by atoms with Crippen molar-refractivity contribution < 1.29 is 17.9 Å². The third-order valence-electron chi connectivity index (χ3n) is 1.16. The number of hydrogen-bond acceptors (Lipinski definition) is 1. The topological polar surface area (TPSA) is 9.23 Å². The van der Waals surface area contributed by atoms with Gasteiger partial charge in [0.1, 0.15) is 0 Å². The van der Waals surface area contributed by atoms with Crippen LogP contribution in [0, 0.1) is 6.92 Å². The fraction of sp³-hybridized carbons (Fsp3) is 0.857. The third kappa shape index (κ3) is 9.75. The first-order valence-corrected chi connectivity index (χ1v) is 3.56. The number of hydrogen-bond donors (Lipinski definition) is 0. The van der Waals surface area contributed by atoms with Gasteiger partial charge < -0.3 is 0 Å². The summed E-state index contributed by atoms with van der Waals surface area (Å²) < 4.78 is 37.5. The largest absolute Gasteiger partial charge is 0.522 e. The van der Waals surface area contributed by atoms with E-state index >= 15 is 0 Å². The minimum absolute atomic E-state index is 0.233. The predicted molar refractivity (Wildman–Crippen MR) is 35.8 cm³/mol. The van der Waals surface area contributed by atoms with Gasteiger partial charge in [-0.05, 0) is 6.42 Å². The molecule has 0 aliphatic rings. The SMILES string of the molecule is [CH2]CCCCCOC(F)(F)F. The van der Waals surface area contributed by atoms with E-state index in [1.54, 1.807) is 0 Å². The second kappa shape index (κ2) is 5.41. The smallest absolute Gasteiger partial charge is 0.292 e. The summed E-state index contributed by atoms with van der Waals surface area (Å²) in [5.41, 5.74) is 0. The van der Waals surface area contributed by atoms with E-state index in [-0.39, 0.29) is 6.61 Å². The van der Waals surface area contributed by atoms with Crippen molar-refractivity contribution in [3.63, 3.8) is 0 Å². The Hall–Kier alpha value is -0.250. The summed E-state index contributed by atoms with van der Waals surface area (Å²) in [5, 5.41) is 0. The molecule has 1 radical (unpaired) electrons. The monoisotopic (exact) mass is 169 g/mol. The molecule has 0 N–H and O–H groups in total. The first-order valence-electron chi connectivity index (χ1n) is 3.56. The van der Waals surface area contributed by atoms with E-state index in [1.807, 2.05) is 0 Å². The molecule has 0 aromatic heterocycles. The molecule has 67 valence electrons. The molecule has 0 aliphatic carbocycles. The molecule has 0 fully saturated rings. The molecular formula is C7H12F3O. The molecule has 0 rings (SSSR count). The third-order valence-corrected chi connectivity index (χ3v) is 1.16. The van der Waals surface area contributed by atoms with E-state index in [0.717, 1.165) is 19.3 Å². The zero-order chi connectivity index (χ0) is 8.74. The van der Waals surface area contributed by atoms with Crippen molar-refractivity contribution in [2.45, 2.75) is 32.0 Å². The van der Waals surface area contributed by atoms with Crippen LogP contribution in [0.15, 0.2) is 0 Å². The van der Waals surface area contributed by atoms with Crippen LogP contribution in [0.25, 0.3) is 0 Å². The number of halogens is 3. The van der Waals surface area contributed by atoms with Crippen molar-refractivity contribution >= 4 is 0 Å². The summed E-state index contributed by atoms with van der Waals surface area (Å²) in [4.78, 5) is 0. The zero-order valence-electron chi connectivity index (χ0n) is 6.28. The highest BCUT2D eigenvalue weighted by atomic mass is 19.4. The summed E-state index contributed by atoms with van der Waals surface area (Å²) in [6.07, 6.45) is -1.63. The maximum absolute atomic E-state index is 11.3. The Morgan fingerprint density at radius 3 is 2.18 bits per heavy atom. The quantitative estimate of drug-likeness (QED) is 0.575. The molecule has 1 nitrogen and oxygen atoms in total. The Morgan fingerprint density at radius 1 is 1.09 bits per heavy atom. The zero-order valence-corrected chi connectivity index (χ0v) is 6.28. The Kier molecular flexibility index (Phi) is 5.28. The van der Waals surface area contributed by atoms with Crippen LogP contribution in [-0.4, -0.2) is 13.0 Å². The predicted octanol–water partition coefficient (Wildman–Crippen LogP) is 2.92. The molecule has 0 amide bonds. The number of unbranched alkanes of at least 4 members (excludes halogenated alkanes) is 3. The van der Waals surface area contributed by atoms with Gasteiger partial charge in [-0.25, -0.2) is 0 Å². The molecule has 0 aliphatic heterocycles. The Morgan fingerprint density at radius 2 is 1.73 bits per heavy atom. The second-order valence-corrected chi connectivity index (χ2v) is 2.21. The van der Waals surface area contributed by atoms with Crippen molar-refractivity contribution in [3.8, 4) is 0 Å². The average molecular weight is 169 g/mol. The number of ether oxygens (including phenoxy) is 1. The first kappa shape index (κ1) is 10.8. The lowest BCUT2D eigenvalue weighted by atomic mass is 10.2. The van der Waals surface area contributed by atoms with Crippen LogP contribution in [0.1, 0.15) is 25.7 Å². The van der Waals surface area contributed by atoms with Crippen LogP contribution in [0.2, 0.25) is 0 Å². The minimum atomic E-state index is -4.47. The van der Waals surface area contributed by atoms with E-state index in [1.165, 1.54) is 0 Å². The minimum Gasteiger partial charge on any atom is -0.292 e. The van der Waals surface area contributed by atoms with E-state index in [0.29, 0.717) is 6.42 Å². The molecule has 4 heteroatoms. The summed E-state index contributed by atoms with van der Waals surface area (Å²) in [7, 11) is 0. The van der Waals surface area contributed by atoms with Crippen LogP contribution < -0.4 is 0 Å². The summed E-state index contributed by atoms with van der Waals surface area (Å²) in [6.45, 7) is 3.34. The van der Waals surface area contributed by atoms with Gasteiger partial charge >= 0.3 is 6.36 Å². The summed E-state index contributed by atoms with van der Waals surface area (Å²) >= 11 is 0. The van der Waals surface area contributed by atoms with Crippen molar-refractivity contribution in [3.05, 3.63) is 6.92 Å². The van der Waals surface area contributed by atoms with Gasteiger partial charge in [-0.15, -0.1) is 13.2 Å². The molecule has 0 heterocycles. The molecule has 0 saturated carbocycles. The fourth-order valence-electron chi connectivity index (χ4n) is 0.644. The first-order chi connectivity index (χ1) is 5.06. The number of alkyl halides is 3. The molecule has 0 spiro atoms. The molecule has 0 bridgehead atoms. The molecule has 0 atom stereocenters. The molecule has 11 heavy (non-hydrogen) atoms. The van der Waals surface area contributed by atoms with Crippen molar-refractivity contribution in [2.75, 3.05) is 6.61 Å². The Bertz CT molecular complexity index is 90.2. The molecular weight excluding hydrogens is 157 g/mol. The van der Waals surface area contributed by atoms with Crippen LogP contribution in [0.4, 0.5) is 13.2 Å². The van der Waals surface area contributed by atoms with Crippen LogP contribution in [0.5, 0.6) is 0 Å². The van der Waals surface area contributed by atoms with E-state index < -0.39 is 6.36 Å². The van der Waals surface area contributed by atoms with Crippen molar-refractivity contribution in [2.24, 2.45) is 0 Å². The average Bonchev–Trinajstić information content (AvgIpc) is 1.85. The lowest BCUT2D eigenvalue weighted by Crippen LogP contribution is -2.13. The van der Waals surface area contributed by atoms with Gasteiger partial charge in [0.05, 0.1) is 6.61 Å². The standard InChI is InChI=1S/C7H12F3O/c1-2-3-4-5-6-11-7(8,9)10/h1-6H2. The molecule has 0 aromatic rings. The highest BCUT2D eigenvalue weighted by Crippen LogP contribution is 2.16. The van der Waals surface area contributed by atoms with Gasteiger partial charge in [-0.2, -0.15) is 0 Å². The van der Waals surface area contributed by atoms with Gasteiger partial charge in [0.2, 0.25) is 0 Å².